The third-order valence-electron chi connectivity index (χ3n) is 2.45. The van der Waals surface area contributed by atoms with E-state index in [1.807, 2.05) is 19.9 Å². The van der Waals surface area contributed by atoms with E-state index < -0.39 is 6.61 Å². The molecular formula is C13H20F2IN3O. The molecule has 0 saturated carbocycles. The zero-order chi connectivity index (χ0) is 14.3. The summed E-state index contributed by atoms with van der Waals surface area (Å²) in [6.45, 7) is 2.12. The summed E-state index contributed by atoms with van der Waals surface area (Å²) in [6, 6.07) is 5.10. The van der Waals surface area contributed by atoms with E-state index in [0.29, 0.717) is 18.1 Å². The molecule has 0 heterocycles. The van der Waals surface area contributed by atoms with Crippen LogP contribution in [0, 0.1) is 6.92 Å². The minimum Gasteiger partial charge on any atom is -0.434 e. The predicted molar refractivity (Wildman–Crippen MR) is 87.1 cm³/mol. The van der Waals surface area contributed by atoms with Gasteiger partial charge in [0.2, 0.25) is 0 Å². The van der Waals surface area contributed by atoms with Crippen LogP contribution in [-0.4, -0.2) is 26.2 Å². The fraction of sp³-hybridized carbons (Fsp3) is 0.462. The number of nitrogens with one attached hydrogen (secondary N) is 2. The molecule has 0 aliphatic carbocycles. The van der Waals surface area contributed by atoms with Gasteiger partial charge in [-0.2, -0.15) is 8.78 Å². The Kier molecular flexibility index (Phi) is 9.19. The van der Waals surface area contributed by atoms with Gasteiger partial charge in [-0.3, -0.25) is 4.99 Å². The molecule has 1 rings (SSSR count). The minimum absolute atomic E-state index is 0. The molecule has 0 spiro atoms. The van der Waals surface area contributed by atoms with Gasteiger partial charge in [0.25, 0.3) is 0 Å². The van der Waals surface area contributed by atoms with E-state index in [0.717, 1.165) is 12.1 Å². The Labute approximate surface area is 135 Å². The molecule has 0 aliphatic heterocycles. The lowest BCUT2D eigenvalue weighted by molar-refractivity contribution is -0.0504. The molecule has 0 amide bonds. The maximum absolute atomic E-state index is 12.3. The highest BCUT2D eigenvalue weighted by atomic mass is 127. The van der Waals surface area contributed by atoms with Crippen molar-refractivity contribution >= 4 is 29.9 Å². The van der Waals surface area contributed by atoms with Crippen LogP contribution in [-0.2, 0) is 6.54 Å². The molecular weight excluding hydrogens is 379 g/mol. The number of guanidine groups is 1. The van der Waals surface area contributed by atoms with Crippen molar-refractivity contribution in [1.29, 1.82) is 0 Å². The highest BCUT2D eigenvalue weighted by Gasteiger charge is 2.10. The van der Waals surface area contributed by atoms with Crippen molar-refractivity contribution in [3.63, 3.8) is 0 Å². The molecule has 114 valence electrons. The molecule has 0 aliphatic rings. The van der Waals surface area contributed by atoms with Crippen LogP contribution in [0.3, 0.4) is 0 Å². The summed E-state index contributed by atoms with van der Waals surface area (Å²) in [6.07, 6.45) is 0. The summed E-state index contributed by atoms with van der Waals surface area (Å²) < 4.78 is 29.1. The van der Waals surface area contributed by atoms with Gasteiger partial charge >= 0.3 is 6.61 Å². The molecule has 20 heavy (non-hydrogen) atoms. The third-order valence-corrected chi connectivity index (χ3v) is 2.45. The highest BCUT2D eigenvalue weighted by molar-refractivity contribution is 14.0. The number of benzene rings is 1. The lowest BCUT2D eigenvalue weighted by Gasteiger charge is -2.14. The molecule has 7 heteroatoms. The van der Waals surface area contributed by atoms with Gasteiger partial charge in [-0.1, -0.05) is 17.7 Å². The molecule has 0 unspecified atom stereocenters. The SMILES string of the molecule is CCNC(=NC)NCc1cc(C)ccc1OC(F)F.I. The van der Waals surface area contributed by atoms with Gasteiger partial charge in [-0.25, -0.2) is 0 Å². The second-order valence-corrected chi connectivity index (χ2v) is 3.95. The van der Waals surface area contributed by atoms with Gasteiger partial charge in [0.05, 0.1) is 0 Å². The fourth-order valence-corrected chi connectivity index (χ4v) is 1.62. The molecule has 0 saturated heterocycles. The van der Waals surface area contributed by atoms with Gasteiger partial charge in [-0.05, 0) is 19.9 Å². The first-order valence-electron chi connectivity index (χ1n) is 6.05. The molecule has 1 aromatic rings. The molecule has 1 aromatic carbocycles. The van der Waals surface area contributed by atoms with Gasteiger partial charge in [0.15, 0.2) is 5.96 Å². The van der Waals surface area contributed by atoms with Crippen LogP contribution in [0.2, 0.25) is 0 Å². The van der Waals surface area contributed by atoms with Crippen molar-refractivity contribution in [3.8, 4) is 5.75 Å². The van der Waals surface area contributed by atoms with Crippen LogP contribution in [0.5, 0.6) is 5.75 Å². The average Bonchev–Trinajstić information content (AvgIpc) is 2.36. The molecule has 0 atom stereocenters. The van der Waals surface area contributed by atoms with E-state index in [4.69, 9.17) is 0 Å². The van der Waals surface area contributed by atoms with Crippen LogP contribution in [0.1, 0.15) is 18.1 Å². The van der Waals surface area contributed by atoms with Crippen molar-refractivity contribution in [2.24, 2.45) is 4.99 Å². The Morgan fingerprint density at radius 2 is 2.05 bits per heavy atom. The number of nitrogens with zero attached hydrogens (tertiary/aromatic N) is 1. The van der Waals surface area contributed by atoms with Gasteiger partial charge in [-0.15, -0.1) is 24.0 Å². The number of aliphatic imine (C=N–C) groups is 1. The smallest absolute Gasteiger partial charge is 0.387 e. The first kappa shape index (κ1) is 18.9. The average molecular weight is 399 g/mol. The Bertz CT molecular complexity index is 442. The number of rotatable bonds is 5. The molecule has 0 bridgehead atoms. The van der Waals surface area contributed by atoms with Crippen molar-refractivity contribution in [2.45, 2.75) is 27.0 Å². The zero-order valence-electron chi connectivity index (χ0n) is 11.7. The second-order valence-electron chi connectivity index (χ2n) is 3.95. The van der Waals surface area contributed by atoms with E-state index in [1.54, 1.807) is 19.2 Å². The summed E-state index contributed by atoms with van der Waals surface area (Å²) in [5.74, 6) is 0.798. The number of aryl methyl sites for hydroxylation is 1. The standard InChI is InChI=1S/C13H19F2N3O.HI/c1-4-17-13(16-3)18-8-10-7-9(2)5-6-11(10)19-12(14)15;/h5-7,12H,4,8H2,1-3H3,(H2,16,17,18);1H. The van der Waals surface area contributed by atoms with Crippen molar-refractivity contribution < 1.29 is 13.5 Å². The molecule has 4 nitrogen and oxygen atoms in total. The first-order valence-corrected chi connectivity index (χ1v) is 6.05. The minimum atomic E-state index is -2.82. The fourth-order valence-electron chi connectivity index (χ4n) is 1.62. The Morgan fingerprint density at radius 1 is 1.35 bits per heavy atom. The maximum atomic E-state index is 12.3. The lowest BCUT2D eigenvalue weighted by atomic mass is 10.1. The van der Waals surface area contributed by atoms with E-state index in [9.17, 15) is 8.78 Å². The molecule has 2 N–H and O–H groups in total. The molecule has 0 radical (unpaired) electrons. The van der Waals surface area contributed by atoms with Gasteiger partial charge in [0, 0.05) is 25.7 Å². The zero-order valence-corrected chi connectivity index (χ0v) is 14.1. The number of hydrogen-bond donors (Lipinski definition) is 2. The van der Waals surface area contributed by atoms with E-state index in [1.165, 1.54) is 0 Å². The summed E-state index contributed by atoms with van der Waals surface area (Å²) in [5, 5.41) is 6.07. The van der Waals surface area contributed by atoms with Crippen molar-refractivity contribution in [1.82, 2.24) is 10.6 Å². The lowest BCUT2D eigenvalue weighted by Crippen LogP contribution is -2.36. The number of hydrogen-bond acceptors (Lipinski definition) is 2. The van der Waals surface area contributed by atoms with Crippen LogP contribution in [0.15, 0.2) is 23.2 Å². The summed E-state index contributed by atoms with van der Waals surface area (Å²) in [5.41, 5.74) is 1.65. The number of alkyl halides is 2. The molecule has 0 aromatic heterocycles. The molecule has 0 fully saturated rings. The largest absolute Gasteiger partial charge is 0.434 e. The third kappa shape index (κ3) is 6.36. The predicted octanol–water partition coefficient (Wildman–Crippen LogP) is 2.90. The van der Waals surface area contributed by atoms with Gasteiger partial charge < -0.3 is 15.4 Å². The first-order chi connectivity index (χ1) is 9.06. The quantitative estimate of drug-likeness (QED) is 0.455. The van der Waals surface area contributed by atoms with Crippen LogP contribution in [0.4, 0.5) is 8.78 Å². The highest BCUT2D eigenvalue weighted by Crippen LogP contribution is 2.21. The monoisotopic (exact) mass is 399 g/mol. The van der Waals surface area contributed by atoms with Gasteiger partial charge in [0.1, 0.15) is 5.75 Å². The topological polar surface area (TPSA) is 45.7 Å². The van der Waals surface area contributed by atoms with E-state index in [-0.39, 0.29) is 29.7 Å². The normalized spacial score (nSPS) is 11.0. The summed E-state index contributed by atoms with van der Waals surface area (Å²) >= 11 is 0. The second kappa shape index (κ2) is 9.73. The Hall–Kier alpha value is -1.12. The Morgan fingerprint density at radius 3 is 2.60 bits per heavy atom. The maximum Gasteiger partial charge on any atom is 0.387 e. The summed E-state index contributed by atoms with van der Waals surface area (Å²) in [4.78, 5) is 4.01. The van der Waals surface area contributed by atoms with Crippen molar-refractivity contribution in [3.05, 3.63) is 29.3 Å². The number of ether oxygens (including phenoxy) is 1. The van der Waals surface area contributed by atoms with Crippen molar-refractivity contribution in [2.75, 3.05) is 13.6 Å². The Balaban J connectivity index is 0.00000361. The van der Waals surface area contributed by atoms with Crippen LogP contribution >= 0.6 is 24.0 Å². The van der Waals surface area contributed by atoms with Crippen LogP contribution < -0.4 is 15.4 Å². The summed E-state index contributed by atoms with van der Waals surface area (Å²) in [7, 11) is 1.65. The van der Waals surface area contributed by atoms with E-state index >= 15 is 0 Å². The van der Waals surface area contributed by atoms with E-state index in [2.05, 4.69) is 20.4 Å². The van der Waals surface area contributed by atoms with Crippen LogP contribution in [0.25, 0.3) is 0 Å². The number of halogens is 3.